The Bertz CT molecular complexity index is 851. The fraction of sp³-hybridized carbons (Fsp3) is 0.312. The van der Waals surface area contributed by atoms with Crippen molar-refractivity contribution >= 4 is 0 Å². The molecule has 0 saturated carbocycles. The first-order valence-electron chi connectivity index (χ1n) is 7.67. The number of aryl methyl sites for hydroxylation is 1. The summed E-state index contributed by atoms with van der Waals surface area (Å²) >= 11 is 0. The summed E-state index contributed by atoms with van der Waals surface area (Å²) in [5.41, 5.74) is 2.88. The van der Waals surface area contributed by atoms with Crippen molar-refractivity contribution in [3.63, 3.8) is 0 Å². The number of rotatable bonds is 3. The van der Waals surface area contributed by atoms with Crippen LogP contribution in [0, 0.1) is 11.6 Å². The van der Waals surface area contributed by atoms with Gasteiger partial charge in [0.1, 0.15) is 11.6 Å². The molecule has 0 spiro atoms. The van der Waals surface area contributed by atoms with E-state index in [4.69, 9.17) is 0 Å². The summed E-state index contributed by atoms with van der Waals surface area (Å²) in [5, 5.41) is 4.22. The summed E-state index contributed by atoms with van der Waals surface area (Å²) in [6.45, 7) is 0.800. The molecule has 4 rings (SSSR count). The van der Waals surface area contributed by atoms with Crippen LogP contribution in [0.2, 0.25) is 0 Å². The van der Waals surface area contributed by atoms with Crippen molar-refractivity contribution < 1.29 is 8.78 Å². The summed E-state index contributed by atoms with van der Waals surface area (Å²) in [7, 11) is 1.85. The molecule has 1 unspecified atom stereocenters. The van der Waals surface area contributed by atoms with Gasteiger partial charge in [0, 0.05) is 44.0 Å². The third-order valence-corrected chi connectivity index (χ3v) is 4.48. The number of nitrogens with one attached hydrogen (secondary N) is 1. The lowest BCUT2D eigenvalue weighted by molar-refractivity contribution is 0.188. The number of fused-ring (bicyclic) bond motifs is 1. The van der Waals surface area contributed by atoms with Crippen molar-refractivity contribution in [3.05, 3.63) is 65.3 Å². The van der Waals surface area contributed by atoms with Gasteiger partial charge in [0.15, 0.2) is 0 Å². The number of imidazole rings is 1. The number of halogens is 2. The molecule has 1 aliphatic heterocycles. The van der Waals surface area contributed by atoms with Gasteiger partial charge in [-0.05, 0) is 6.07 Å². The minimum absolute atomic E-state index is 0.0242. The average molecular weight is 330 g/mol. The maximum absolute atomic E-state index is 14.0. The molecule has 0 aliphatic carbocycles. The molecule has 4 heterocycles. The zero-order valence-corrected chi connectivity index (χ0v) is 13.1. The lowest BCUT2D eigenvalue weighted by Crippen LogP contribution is -2.37. The van der Waals surface area contributed by atoms with Crippen LogP contribution in [0.25, 0.3) is 0 Å². The average Bonchev–Trinajstić information content (AvgIpc) is 3.19. The predicted molar refractivity (Wildman–Crippen MR) is 81.9 cm³/mol. The second-order valence-corrected chi connectivity index (χ2v) is 5.85. The monoisotopic (exact) mass is 330 g/mol. The van der Waals surface area contributed by atoms with E-state index in [0.29, 0.717) is 6.54 Å². The number of hydrogen-bond acceptors (Lipinski definition) is 4. The Morgan fingerprint density at radius 1 is 1.29 bits per heavy atom. The van der Waals surface area contributed by atoms with Crippen molar-refractivity contribution in [2.24, 2.45) is 7.05 Å². The van der Waals surface area contributed by atoms with Crippen LogP contribution in [0.15, 0.2) is 31.0 Å². The fourth-order valence-electron chi connectivity index (χ4n) is 3.27. The zero-order valence-electron chi connectivity index (χ0n) is 13.1. The van der Waals surface area contributed by atoms with Crippen molar-refractivity contribution in [1.82, 2.24) is 29.6 Å². The van der Waals surface area contributed by atoms with Crippen LogP contribution in [0.4, 0.5) is 8.78 Å². The highest BCUT2D eigenvalue weighted by atomic mass is 19.1. The zero-order chi connectivity index (χ0) is 16.7. The highest BCUT2D eigenvalue weighted by Gasteiger charge is 2.33. The van der Waals surface area contributed by atoms with E-state index in [1.807, 2.05) is 18.0 Å². The van der Waals surface area contributed by atoms with Crippen LogP contribution >= 0.6 is 0 Å². The van der Waals surface area contributed by atoms with E-state index in [0.717, 1.165) is 35.9 Å². The first kappa shape index (κ1) is 14.9. The van der Waals surface area contributed by atoms with Gasteiger partial charge in [-0.2, -0.15) is 5.10 Å². The van der Waals surface area contributed by atoms with E-state index in [-0.39, 0.29) is 18.2 Å². The summed E-state index contributed by atoms with van der Waals surface area (Å²) in [6, 6.07) is 1.69. The molecule has 24 heavy (non-hydrogen) atoms. The minimum Gasteiger partial charge on any atom is -0.348 e. The van der Waals surface area contributed by atoms with E-state index in [2.05, 4.69) is 20.1 Å². The Balaban J connectivity index is 1.76. The third kappa shape index (κ3) is 2.39. The standard InChI is InChI=1S/C16H16F2N6/c1-23-14(2-4-22-23)16-15-13(20-9-21-15)3-5-24(16)8-10-11(17)6-19-7-12(10)18/h2,4,6-7,9,16H,3,5,8H2,1H3,(H,20,21). The number of H-pyrrole nitrogens is 1. The largest absolute Gasteiger partial charge is 0.348 e. The van der Waals surface area contributed by atoms with Crippen LogP contribution < -0.4 is 0 Å². The van der Waals surface area contributed by atoms with Gasteiger partial charge in [-0.1, -0.05) is 0 Å². The predicted octanol–water partition coefficient (Wildman–Crippen LogP) is 1.96. The van der Waals surface area contributed by atoms with Gasteiger partial charge in [0.25, 0.3) is 0 Å². The van der Waals surface area contributed by atoms with E-state index in [9.17, 15) is 8.78 Å². The molecule has 1 aliphatic rings. The summed E-state index contributed by atoms with van der Waals surface area (Å²) in [6.07, 6.45) is 6.20. The molecular weight excluding hydrogens is 314 g/mol. The quantitative estimate of drug-likeness (QED) is 0.797. The van der Waals surface area contributed by atoms with Gasteiger partial charge in [0.05, 0.1) is 36.2 Å². The number of hydrogen-bond donors (Lipinski definition) is 1. The van der Waals surface area contributed by atoms with Crippen LogP contribution in [0.1, 0.15) is 28.7 Å². The first-order valence-corrected chi connectivity index (χ1v) is 7.67. The lowest BCUT2D eigenvalue weighted by atomic mass is 9.99. The highest BCUT2D eigenvalue weighted by Crippen LogP contribution is 2.34. The van der Waals surface area contributed by atoms with E-state index in [1.165, 1.54) is 0 Å². The summed E-state index contributed by atoms with van der Waals surface area (Å²) < 4.78 is 29.8. The van der Waals surface area contributed by atoms with Gasteiger partial charge >= 0.3 is 0 Å². The molecule has 0 bridgehead atoms. The maximum atomic E-state index is 14.0. The lowest BCUT2D eigenvalue weighted by Gasteiger charge is -2.35. The highest BCUT2D eigenvalue weighted by molar-refractivity contribution is 5.29. The van der Waals surface area contributed by atoms with E-state index < -0.39 is 11.6 Å². The SMILES string of the molecule is Cn1nccc1C1c2nc[nH]c2CCN1Cc1c(F)cncc1F. The maximum Gasteiger partial charge on any atom is 0.148 e. The molecule has 8 heteroatoms. The van der Waals surface area contributed by atoms with E-state index in [1.54, 1.807) is 17.2 Å². The second kappa shape index (κ2) is 5.79. The molecule has 1 atom stereocenters. The Kier molecular flexibility index (Phi) is 3.61. The normalized spacial score (nSPS) is 17.9. The van der Waals surface area contributed by atoms with Gasteiger partial charge < -0.3 is 4.98 Å². The number of pyridine rings is 1. The molecule has 0 aromatic carbocycles. The summed E-state index contributed by atoms with van der Waals surface area (Å²) in [4.78, 5) is 13.1. The molecular formula is C16H16F2N6. The first-order chi connectivity index (χ1) is 11.6. The molecule has 3 aromatic rings. The smallest absolute Gasteiger partial charge is 0.148 e. The molecule has 0 amide bonds. The number of aromatic nitrogens is 5. The van der Waals surface area contributed by atoms with Gasteiger partial charge in [-0.3, -0.25) is 14.6 Å². The molecule has 6 nitrogen and oxygen atoms in total. The van der Waals surface area contributed by atoms with Gasteiger partial charge in [0.2, 0.25) is 0 Å². The van der Waals surface area contributed by atoms with E-state index >= 15 is 0 Å². The van der Waals surface area contributed by atoms with Crippen LogP contribution in [-0.2, 0) is 20.0 Å². The molecule has 3 aromatic heterocycles. The Hall–Kier alpha value is -2.61. The number of aromatic amines is 1. The minimum atomic E-state index is -0.633. The fourth-order valence-corrected chi connectivity index (χ4v) is 3.27. The molecule has 1 N–H and O–H groups in total. The van der Waals surface area contributed by atoms with Crippen LogP contribution in [-0.4, -0.2) is 36.2 Å². The molecule has 0 fully saturated rings. The summed E-state index contributed by atoms with van der Waals surface area (Å²) in [5.74, 6) is -1.27. The molecule has 124 valence electrons. The van der Waals surface area contributed by atoms with Crippen molar-refractivity contribution in [2.45, 2.75) is 19.0 Å². The van der Waals surface area contributed by atoms with Crippen molar-refractivity contribution in [2.75, 3.05) is 6.54 Å². The van der Waals surface area contributed by atoms with Crippen LogP contribution in [0.3, 0.4) is 0 Å². The van der Waals surface area contributed by atoms with Crippen LogP contribution in [0.5, 0.6) is 0 Å². The molecule has 0 saturated heterocycles. The Morgan fingerprint density at radius 2 is 2.08 bits per heavy atom. The molecule has 0 radical (unpaired) electrons. The van der Waals surface area contributed by atoms with Crippen molar-refractivity contribution in [1.29, 1.82) is 0 Å². The van der Waals surface area contributed by atoms with Gasteiger partial charge in [-0.15, -0.1) is 0 Å². The van der Waals surface area contributed by atoms with Crippen molar-refractivity contribution in [3.8, 4) is 0 Å². The number of nitrogens with zero attached hydrogens (tertiary/aromatic N) is 5. The Labute approximate surface area is 137 Å². The van der Waals surface area contributed by atoms with Gasteiger partial charge in [-0.25, -0.2) is 13.8 Å². The second-order valence-electron chi connectivity index (χ2n) is 5.85. The topological polar surface area (TPSA) is 62.6 Å². The Morgan fingerprint density at radius 3 is 2.79 bits per heavy atom. The third-order valence-electron chi connectivity index (χ3n) is 4.48.